The number of rotatable bonds is 4. The van der Waals surface area contributed by atoms with Gasteiger partial charge in [0.2, 0.25) is 0 Å². The van der Waals surface area contributed by atoms with Crippen LogP contribution in [0.25, 0.3) is 10.2 Å². The number of piperazine rings is 1. The van der Waals surface area contributed by atoms with Gasteiger partial charge in [-0.05, 0) is 12.1 Å². The van der Waals surface area contributed by atoms with Crippen molar-refractivity contribution < 1.29 is 13.9 Å². The molecule has 1 saturated heterocycles. The van der Waals surface area contributed by atoms with Crippen LogP contribution in [-0.2, 0) is 4.74 Å². The Morgan fingerprint density at radius 2 is 2.17 bits per heavy atom. The Bertz CT molecular complexity index is 685. The van der Waals surface area contributed by atoms with Gasteiger partial charge in [-0.3, -0.25) is 0 Å². The van der Waals surface area contributed by atoms with Gasteiger partial charge in [0.05, 0.1) is 11.3 Å². The fourth-order valence-electron chi connectivity index (χ4n) is 2.51. The molecule has 1 N–H and O–H groups in total. The van der Waals surface area contributed by atoms with E-state index in [0.717, 1.165) is 9.83 Å². The Morgan fingerprint density at radius 3 is 2.87 bits per heavy atom. The van der Waals surface area contributed by atoms with Gasteiger partial charge in [-0.25, -0.2) is 14.2 Å². The number of aromatic nitrogens is 1. The Morgan fingerprint density at radius 1 is 1.39 bits per heavy atom. The van der Waals surface area contributed by atoms with Crippen LogP contribution in [0.2, 0.25) is 0 Å². The molecule has 3 rings (SSSR count). The van der Waals surface area contributed by atoms with E-state index >= 15 is 0 Å². The second-order valence-corrected chi connectivity index (χ2v) is 6.29. The summed E-state index contributed by atoms with van der Waals surface area (Å²) in [6.45, 7) is 3.64. The number of halogens is 1. The lowest BCUT2D eigenvalue weighted by molar-refractivity contribution is 0.177. The molecule has 2 aromatic rings. The fourth-order valence-corrected chi connectivity index (χ4v) is 3.54. The van der Waals surface area contributed by atoms with Crippen molar-refractivity contribution in [3.8, 4) is 0 Å². The largest absolute Gasteiger partial charge is 0.383 e. The van der Waals surface area contributed by atoms with Crippen LogP contribution in [0.5, 0.6) is 0 Å². The van der Waals surface area contributed by atoms with E-state index in [1.54, 1.807) is 18.1 Å². The van der Waals surface area contributed by atoms with Gasteiger partial charge in [0.1, 0.15) is 11.3 Å². The summed E-state index contributed by atoms with van der Waals surface area (Å²) >= 11 is 1.48. The predicted octanol–water partition coefficient (Wildman–Crippen LogP) is 1.91. The smallest absolute Gasteiger partial charge is 0.317 e. The standard InChI is InChI=1S/C15H19FN4O2S/c1-22-10-5-17-14(21)19-6-8-20(9-7-19)15-18-13-11(16)3-2-4-12(13)23-15/h2-4H,5-10H2,1H3,(H,17,21). The van der Waals surface area contributed by atoms with Crippen LogP contribution >= 0.6 is 11.3 Å². The van der Waals surface area contributed by atoms with Crippen molar-refractivity contribution in [3.63, 3.8) is 0 Å². The molecule has 0 radical (unpaired) electrons. The Hall–Kier alpha value is -1.93. The molecule has 0 unspecified atom stereocenters. The number of methoxy groups -OCH3 is 1. The molecule has 0 atom stereocenters. The van der Waals surface area contributed by atoms with Gasteiger partial charge in [0.15, 0.2) is 5.13 Å². The highest BCUT2D eigenvalue weighted by Gasteiger charge is 2.23. The minimum atomic E-state index is -0.291. The average Bonchev–Trinajstić information content (AvgIpc) is 3.01. The number of urea groups is 1. The number of thiazole rings is 1. The first-order chi connectivity index (χ1) is 11.2. The minimum Gasteiger partial charge on any atom is -0.383 e. The summed E-state index contributed by atoms with van der Waals surface area (Å²) < 4.78 is 19.5. The first-order valence-corrected chi connectivity index (χ1v) is 8.32. The molecule has 0 spiro atoms. The first kappa shape index (κ1) is 15.9. The van der Waals surface area contributed by atoms with Crippen molar-refractivity contribution in [1.82, 2.24) is 15.2 Å². The number of carbonyl (C=O) groups excluding carboxylic acids is 1. The third-order valence-corrected chi connectivity index (χ3v) is 4.86. The number of fused-ring (bicyclic) bond motifs is 1. The third kappa shape index (κ3) is 3.53. The summed E-state index contributed by atoms with van der Waals surface area (Å²) in [5.74, 6) is -0.291. The van der Waals surface area contributed by atoms with Crippen molar-refractivity contribution in [2.45, 2.75) is 0 Å². The van der Waals surface area contributed by atoms with Gasteiger partial charge in [-0.1, -0.05) is 17.4 Å². The second-order valence-electron chi connectivity index (χ2n) is 5.28. The molecule has 1 aromatic heterocycles. The van der Waals surface area contributed by atoms with Crippen LogP contribution < -0.4 is 10.2 Å². The Balaban J connectivity index is 1.59. The van der Waals surface area contributed by atoms with Gasteiger partial charge < -0.3 is 19.9 Å². The van der Waals surface area contributed by atoms with Crippen LogP contribution in [0.1, 0.15) is 0 Å². The number of hydrogen-bond acceptors (Lipinski definition) is 5. The van der Waals surface area contributed by atoms with Crippen molar-refractivity contribution in [3.05, 3.63) is 24.0 Å². The average molecular weight is 338 g/mol. The number of nitrogens with one attached hydrogen (secondary N) is 1. The highest BCUT2D eigenvalue weighted by molar-refractivity contribution is 7.22. The quantitative estimate of drug-likeness (QED) is 0.866. The van der Waals surface area contributed by atoms with Crippen molar-refractivity contribution in [2.75, 3.05) is 51.3 Å². The summed E-state index contributed by atoms with van der Waals surface area (Å²) in [6, 6.07) is 4.92. The number of hydrogen-bond donors (Lipinski definition) is 1. The minimum absolute atomic E-state index is 0.0722. The summed E-state index contributed by atoms with van der Waals surface area (Å²) in [7, 11) is 1.60. The van der Waals surface area contributed by atoms with E-state index in [-0.39, 0.29) is 11.8 Å². The van der Waals surface area contributed by atoms with Crippen molar-refractivity contribution in [2.24, 2.45) is 0 Å². The molecule has 0 bridgehead atoms. The molecular formula is C15H19FN4O2S. The van der Waals surface area contributed by atoms with Gasteiger partial charge in [0, 0.05) is 39.8 Å². The molecule has 0 saturated carbocycles. The zero-order valence-corrected chi connectivity index (χ0v) is 13.7. The van der Waals surface area contributed by atoms with E-state index in [1.807, 2.05) is 6.07 Å². The van der Waals surface area contributed by atoms with Gasteiger partial charge >= 0.3 is 6.03 Å². The number of carbonyl (C=O) groups is 1. The molecule has 6 nitrogen and oxygen atoms in total. The molecule has 8 heteroatoms. The summed E-state index contributed by atoms with van der Waals surface area (Å²) in [5.41, 5.74) is 0.423. The maximum atomic E-state index is 13.7. The number of ether oxygens (including phenoxy) is 1. The number of anilines is 1. The molecule has 1 aromatic carbocycles. The molecule has 124 valence electrons. The van der Waals surface area contributed by atoms with Crippen molar-refractivity contribution >= 4 is 32.7 Å². The highest BCUT2D eigenvalue weighted by Crippen LogP contribution is 2.30. The third-order valence-electron chi connectivity index (χ3n) is 3.78. The van der Waals surface area contributed by atoms with Crippen LogP contribution in [0.15, 0.2) is 18.2 Å². The zero-order valence-electron chi connectivity index (χ0n) is 12.9. The zero-order chi connectivity index (χ0) is 16.2. The Labute approximate surface area is 137 Å². The van der Waals surface area contributed by atoms with E-state index in [0.29, 0.717) is 44.8 Å². The number of amides is 2. The van der Waals surface area contributed by atoms with Gasteiger partial charge in [-0.2, -0.15) is 0 Å². The summed E-state index contributed by atoms with van der Waals surface area (Å²) in [6.07, 6.45) is 0. The highest BCUT2D eigenvalue weighted by atomic mass is 32.1. The lowest BCUT2D eigenvalue weighted by Crippen LogP contribution is -2.52. The number of benzene rings is 1. The normalized spacial score (nSPS) is 15.2. The second kappa shape index (κ2) is 7.10. The molecule has 1 aliphatic rings. The monoisotopic (exact) mass is 338 g/mol. The van der Waals surface area contributed by atoms with E-state index in [4.69, 9.17) is 4.74 Å². The lowest BCUT2D eigenvalue weighted by Gasteiger charge is -2.34. The van der Waals surface area contributed by atoms with Gasteiger partial charge in [-0.15, -0.1) is 0 Å². The molecule has 2 amide bonds. The summed E-state index contributed by atoms with van der Waals surface area (Å²) in [4.78, 5) is 20.3. The SMILES string of the molecule is COCCNC(=O)N1CCN(c2nc3c(F)cccc3s2)CC1. The lowest BCUT2D eigenvalue weighted by atomic mass is 10.3. The number of nitrogens with zero attached hydrogens (tertiary/aromatic N) is 3. The van der Waals surface area contributed by atoms with Crippen LogP contribution in [0.3, 0.4) is 0 Å². The Kier molecular flexibility index (Phi) is 4.92. The molecule has 23 heavy (non-hydrogen) atoms. The maximum absolute atomic E-state index is 13.7. The molecule has 1 aliphatic heterocycles. The number of para-hydroxylation sites is 1. The van der Waals surface area contributed by atoms with E-state index < -0.39 is 0 Å². The predicted molar refractivity (Wildman–Crippen MR) is 88.6 cm³/mol. The summed E-state index contributed by atoms with van der Waals surface area (Å²) in [5, 5.41) is 3.63. The van der Waals surface area contributed by atoms with Crippen molar-refractivity contribution in [1.29, 1.82) is 0 Å². The topological polar surface area (TPSA) is 57.7 Å². The van der Waals surface area contributed by atoms with Crippen LogP contribution in [-0.4, -0.2) is 62.4 Å². The first-order valence-electron chi connectivity index (χ1n) is 7.51. The van der Waals surface area contributed by atoms with Crippen LogP contribution in [0.4, 0.5) is 14.3 Å². The van der Waals surface area contributed by atoms with E-state index in [2.05, 4.69) is 15.2 Å². The molecule has 1 fully saturated rings. The maximum Gasteiger partial charge on any atom is 0.317 e. The van der Waals surface area contributed by atoms with E-state index in [1.165, 1.54) is 17.4 Å². The molecule has 2 heterocycles. The van der Waals surface area contributed by atoms with Crippen LogP contribution in [0, 0.1) is 5.82 Å². The fraction of sp³-hybridized carbons (Fsp3) is 0.467. The van der Waals surface area contributed by atoms with E-state index in [9.17, 15) is 9.18 Å². The molecular weight excluding hydrogens is 319 g/mol. The molecule has 0 aliphatic carbocycles. The van der Waals surface area contributed by atoms with Gasteiger partial charge in [0.25, 0.3) is 0 Å².